The lowest BCUT2D eigenvalue weighted by atomic mass is 10.0. The normalized spacial score (nSPS) is 12.5. The Labute approximate surface area is 128 Å². The highest BCUT2D eigenvalue weighted by molar-refractivity contribution is 5.79. The molecule has 0 aliphatic heterocycles. The van der Waals surface area contributed by atoms with Crippen molar-refractivity contribution in [2.45, 2.75) is 52.7 Å². The molecular weight excluding hydrogens is 264 g/mol. The van der Waals surface area contributed by atoms with Gasteiger partial charge in [-0.05, 0) is 32.3 Å². The lowest BCUT2D eigenvalue weighted by Gasteiger charge is -2.19. The van der Waals surface area contributed by atoms with Crippen LogP contribution in [-0.2, 0) is 11.2 Å². The second kappa shape index (κ2) is 8.67. The Morgan fingerprint density at radius 1 is 1.24 bits per heavy atom. The van der Waals surface area contributed by atoms with Gasteiger partial charge in [0.2, 0.25) is 5.91 Å². The SMILES string of the molecule is CC(C)CC(CN)NC(=O)Cc1ccccc1OC(C)C. The van der Waals surface area contributed by atoms with Gasteiger partial charge in [-0.2, -0.15) is 0 Å². The predicted octanol–water partition coefficient (Wildman–Crippen LogP) is 2.51. The predicted molar refractivity (Wildman–Crippen MR) is 86.4 cm³/mol. The van der Waals surface area contributed by atoms with E-state index in [2.05, 4.69) is 19.2 Å². The minimum atomic E-state index is -0.00842. The van der Waals surface area contributed by atoms with Gasteiger partial charge in [0.05, 0.1) is 12.5 Å². The molecule has 4 heteroatoms. The molecule has 0 fully saturated rings. The maximum Gasteiger partial charge on any atom is 0.224 e. The van der Waals surface area contributed by atoms with Crippen molar-refractivity contribution in [2.24, 2.45) is 11.7 Å². The molecule has 1 atom stereocenters. The van der Waals surface area contributed by atoms with Crippen molar-refractivity contribution in [2.75, 3.05) is 6.54 Å². The zero-order chi connectivity index (χ0) is 15.8. The van der Waals surface area contributed by atoms with Crippen LogP contribution >= 0.6 is 0 Å². The maximum absolute atomic E-state index is 12.2. The molecule has 0 aromatic heterocycles. The maximum atomic E-state index is 12.2. The van der Waals surface area contributed by atoms with Crippen LogP contribution in [0.25, 0.3) is 0 Å². The first-order valence-corrected chi connectivity index (χ1v) is 7.66. The van der Waals surface area contributed by atoms with Crippen molar-refractivity contribution >= 4 is 5.91 Å². The molecule has 0 spiro atoms. The third kappa shape index (κ3) is 6.63. The Bertz CT molecular complexity index is 444. The van der Waals surface area contributed by atoms with Crippen molar-refractivity contribution in [3.05, 3.63) is 29.8 Å². The van der Waals surface area contributed by atoms with Crippen LogP contribution in [0.15, 0.2) is 24.3 Å². The first kappa shape index (κ1) is 17.5. The van der Waals surface area contributed by atoms with E-state index < -0.39 is 0 Å². The first-order valence-electron chi connectivity index (χ1n) is 7.66. The van der Waals surface area contributed by atoms with Crippen LogP contribution in [0.5, 0.6) is 5.75 Å². The fourth-order valence-corrected chi connectivity index (χ4v) is 2.25. The summed E-state index contributed by atoms with van der Waals surface area (Å²) in [6.07, 6.45) is 1.30. The summed E-state index contributed by atoms with van der Waals surface area (Å²) in [5.41, 5.74) is 6.63. The molecule has 0 radical (unpaired) electrons. The molecule has 3 N–H and O–H groups in total. The van der Waals surface area contributed by atoms with Crippen molar-refractivity contribution in [3.63, 3.8) is 0 Å². The molecule has 118 valence electrons. The van der Waals surface area contributed by atoms with E-state index in [-0.39, 0.29) is 18.1 Å². The number of rotatable bonds is 8. The van der Waals surface area contributed by atoms with Crippen molar-refractivity contribution in [1.29, 1.82) is 0 Å². The Balaban J connectivity index is 2.65. The Morgan fingerprint density at radius 2 is 1.90 bits per heavy atom. The van der Waals surface area contributed by atoms with Gasteiger partial charge in [-0.15, -0.1) is 0 Å². The topological polar surface area (TPSA) is 64.3 Å². The lowest BCUT2D eigenvalue weighted by molar-refractivity contribution is -0.121. The smallest absolute Gasteiger partial charge is 0.224 e. The molecule has 0 saturated carbocycles. The molecule has 0 aliphatic carbocycles. The van der Waals surface area contributed by atoms with E-state index in [0.29, 0.717) is 18.9 Å². The van der Waals surface area contributed by atoms with Gasteiger partial charge in [-0.25, -0.2) is 0 Å². The lowest BCUT2D eigenvalue weighted by Crippen LogP contribution is -2.41. The molecule has 0 aliphatic rings. The summed E-state index contributed by atoms with van der Waals surface area (Å²) in [4.78, 5) is 12.2. The molecule has 1 amide bonds. The zero-order valence-corrected chi connectivity index (χ0v) is 13.6. The van der Waals surface area contributed by atoms with Gasteiger partial charge in [-0.3, -0.25) is 4.79 Å². The van der Waals surface area contributed by atoms with E-state index in [4.69, 9.17) is 10.5 Å². The third-order valence-corrected chi connectivity index (χ3v) is 3.09. The molecule has 21 heavy (non-hydrogen) atoms. The highest BCUT2D eigenvalue weighted by Crippen LogP contribution is 2.20. The fourth-order valence-electron chi connectivity index (χ4n) is 2.25. The molecule has 1 aromatic rings. The first-order chi connectivity index (χ1) is 9.92. The fraction of sp³-hybridized carbons (Fsp3) is 0.588. The van der Waals surface area contributed by atoms with Crippen molar-refractivity contribution < 1.29 is 9.53 Å². The largest absolute Gasteiger partial charge is 0.491 e. The van der Waals surface area contributed by atoms with Crippen molar-refractivity contribution in [1.82, 2.24) is 5.32 Å². The number of benzene rings is 1. The van der Waals surface area contributed by atoms with Gasteiger partial charge in [0.1, 0.15) is 5.75 Å². The summed E-state index contributed by atoms with van der Waals surface area (Å²) < 4.78 is 5.74. The molecule has 1 aromatic carbocycles. The van der Waals surface area contributed by atoms with Crippen LogP contribution in [0.3, 0.4) is 0 Å². The molecule has 4 nitrogen and oxygen atoms in total. The van der Waals surface area contributed by atoms with E-state index in [0.717, 1.165) is 17.7 Å². The number of ether oxygens (including phenoxy) is 1. The molecule has 1 rings (SSSR count). The molecule has 1 unspecified atom stereocenters. The second-order valence-electron chi connectivity index (χ2n) is 6.08. The van der Waals surface area contributed by atoms with Crippen LogP contribution in [0.1, 0.15) is 39.7 Å². The number of carbonyl (C=O) groups is 1. The summed E-state index contributed by atoms with van der Waals surface area (Å²) in [6, 6.07) is 7.70. The standard InChI is InChI=1S/C17H28N2O2/c1-12(2)9-15(11-18)19-17(20)10-14-7-5-6-8-16(14)21-13(3)4/h5-8,12-13,15H,9-11,18H2,1-4H3,(H,19,20). The quantitative estimate of drug-likeness (QED) is 0.774. The van der Waals surface area contributed by atoms with Gasteiger partial charge in [0, 0.05) is 18.2 Å². The van der Waals surface area contributed by atoms with Gasteiger partial charge in [0.25, 0.3) is 0 Å². The Hall–Kier alpha value is -1.55. The third-order valence-electron chi connectivity index (χ3n) is 3.09. The van der Waals surface area contributed by atoms with Crippen LogP contribution in [-0.4, -0.2) is 24.6 Å². The number of para-hydroxylation sites is 1. The van der Waals surface area contributed by atoms with Gasteiger partial charge < -0.3 is 15.8 Å². The monoisotopic (exact) mass is 292 g/mol. The van der Waals surface area contributed by atoms with Crippen LogP contribution in [0.4, 0.5) is 0 Å². The van der Waals surface area contributed by atoms with Gasteiger partial charge >= 0.3 is 0 Å². The molecule has 0 heterocycles. The van der Waals surface area contributed by atoms with E-state index >= 15 is 0 Å². The number of amides is 1. The van der Waals surface area contributed by atoms with Crippen LogP contribution in [0, 0.1) is 5.92 Å². The van der Waals surface area contributed by atoms with Crippen LogP contribution < -0.4 is 15.8 Å². The Morgan fingerprint density at radius 3 is 2.48 bits per heavy atom. The number of nitrogens with two attached hydrogens (primary N) is 1. The van der Waals surface area contributed by atoms with Gasteiger partial charge in [0.15, 0.2) is 0 Å². The minimum absolute atomic E-state index is 0.00842. The zero-order valence-electron chi connectivity index (χ0n) is 13.6. The highest BCUT2D eigenvalue weighted by atomic mass is 16.5. The molecule has 0 saturated heterocycles. The summed E-state index contributed by atoms with van der Waals surface area (Å²) in [5.74, 6) is 1.28. The average Bonchev–Trinajstić information content (AvgIpc) is 2.39. The van der Waals surface area contributed by atoms with E-state index in [1.165, 1.54) is 0 Å². The van der Waals surface area contributed by atoms with Gasteiger partial charge in [-0.1, -0.05) is 32.0 Å². The molecular formula is C17H28N2O2. The average molecular weight is 292 g/mol. The minimum Gasteiger partial charge on any atom is -0.491 e. The van der Waals surface area contributed by atoms with Crippen molar-refractivity contribution in [3.8, 4) is 5.75 Å². The van der Waals surface area contributed by atoms with E-state index in [1.54, 1.807) is 0 Å². The second-order valence-corrected chi connectivity index (χ2v) is 6.08. The molecule has 0 bridgehead atoms. The Kier molecular flexibility index (Phi) is 7.23. The van der Waals surface area contributed by atoms with E-state index in [1.807, 2.05) is 38.1 Å². The van der Waals surface area contributed by atoms with Crippen LogP contribution in [0.2, 0.25) is 0 Å². The summed E-state index contributed by atoms with van der Waals surface area (Å²) in [6.45, 7) is 8.67. The summed E-state index contributed by atoms with van der Waals surface area (Å²) >= 11 is 0. The number of hydrogen-bond acceptors (Lipinski definition) is 3. The number of nitrogens with one attached hydrogen (secondary N) is 1. The summed E-state index contributed by atoms with van der Waals surface area (Å²) in [5, 5.41) is 3.01. The highest BCUT2D eigenvalue weighted by Gasteiger charge is 2.14. The summed E-state index contributed by atoms with van der Waals surface area (Å²) in [7, 11) is 0. The number of carbonyl (C=O) groups excluding carboxylic acids is 1. The number of hydrogen-bond donors (Lipinski definition) is 2. The van der Waals surface area contributed by atoms with E-state index in [9.17, 15) is 4.79 Å².